The van der Waals surface area contributed by atoms with Crippen molar-refractivity contribution in [3.05, 3.63) is 65.7 Å². The van der Waals surface area contributed by atoms with Crippen molar-refractivity contribution >= 4 is 0 Å². The summed E-state index contributed by atoms with van der Waals surface area (Å²) in [5.74, 6) is 0.895. The Balaban J connectivity index is 2.02. The van der Waals surface area contributed by atoms with E-state index in [4.69, 9.17) is 4.74 Å². The van der Waals surface area contributed by atoms with Gasteiger partial charge in [-0.05, 0) is 37.1 Å². The number of nitrogens with one attached hydrogen (secondary N) is 1. The first-order valence-electron chi connectivity index (χ1n) is 6.65. The fourth-order valence-corrected chi connectivity index (χ4v) is 2.20. The molecule has 2 aromatic carbocycles. The molecule has 0 bridgehead atoms. The van der Waals surface area contributed by atoms with Crippen molar-refractivity contribution in [3.63, 3.8) is 0 Å². The van der Waals surface area contributed by atoms with E-state index < -0.39 is 0 Å². The molecule has 0 fully saturated rings. The van der Waals surface area contributed by atoms with Crippen LogP contribution < -0.4 is 10.1 Å². The smallest absolute Gasteiger partial charge is 0.118 e. The van der Waals surface area contributed by atoms with E-state index in [2.05, 4.69) is 55.6 Å². The lowest BCUT2D eigenvalue weighted by atomic mass is 10.0. The SMILES string of the molecule is COc1ccc([C@@H](C)NC(C)c2ccccc2)cc1. The molecular formula is C17H21NO. The third kappa shape index (κ3) is 3.58. The second-order valence-electron chi connectivity index (χ2n) is 4.79. The van der Waals surface area contributed by atoms with E-state index in [-0.39, 0.29) is 0 Å². The highest BCUT2D eigenvalue weighted by Gasteiger charge is 2.10. The van der Waals surface area contributed by atoms with E-state index in [1.165, 1.54) is 11.1 Å². The van der Waals surface area contributed by atoms with Crippen LogP contribution in [0.2, 0.25) is 0 Å². The van der Waals surface area contributed by atoms with Crippen LogP contribution in [0.15, 0.2) is 54.6 Å². The number of hydrogen-bond donors (Lipinski definition) is 1. The zero-order valence-corrected chi connectivity index (χ0v) is 11.8. The summed E-state index contributed by atoms with van der Waals surface area (Å²) in [5, 5.41) is 3.61. The van der Waals surface area contributed by atoms with Crippen molar-refractivity contribution in [2.75, 3.05) is 7.11 Å². The normalized spacial score (nSPS) is 13.8. The van der Waals surface area contributed by atoms with Crippen molar-refractivity contribution in [1.82, 2.24) is 5.32 Å². The Hall–Kier alpha value is -1.80. The predicted octanol–water partition coefficient (Wildman–Crippen LogP) is 4.11. The minimum Gasteiger partial charge on any atom is -0.497 e. The van der Waals surface area contributed by atoms with E-state index in [0.29, 0.717) is 12.1 Å². The lowest BCUT2D eigenvalue weighted by molar-refractivity contribution is 0.414. The summed E-state index contributed by atoms with van der Waals surface area (Å²) in [6.07, 6.45) is 0. The van der Waals surface area contributed by atoms with E-state index >= 15 is 0 Å². The van der Waals surface area contributed by atoms with Gasteiger partial charge in [0.05, 0.1) is 7.11 Å². The van der Waals surface area contributed by atoms with Crippen molar-refractivity contribution in [3.8, 4) is 5.75 Å². The maximum Gasteiger partial charge on any atom is 0.118 e. The molecule has 2 aromatic rings. The molecule has 0 aliphatic heterocycles. The van der Waals surface area contributed by atoms with Crippen LogP contribution in [0.25, 0.3) is 0 Å². The van der Waals surface area contributed by atoms with Gasteiger partial charge in [-0.15, -0.1) is 0 Å². The molecule has 2 atom stereocenters. The molecule has 0 saturated carbocycles. The van der Waals surface area contributed by atoms with Crippen LogP contribution in [0, 0.1) is 0 Å². The minimum atomic E-state index is 0.307. The van der Waals surface area contributed by atoms with Gasteiger partial charge in [-0.2, -0.15) is 0 Å². The molecule has 100 valence electrons. The monoisotopic (exact) mass is 255 g/mol. The largest absolute Gasteiger partial charge is 0.497 e. The summed E-state index contributed by atoms with van der Waals surface area (Å²) in [5.41, 5.74) is 2.58. The Bertz CT molecular complexity index is 492. The molecule has 2 rings (SSSR count). The van der Waals surface area contributed by atoms with Crippen LogP contribution in [0.1, 0.15) is 37.1 Å². The fourth-order valence-electron chi connectivity index (χ4n) is 2.20. The quantitative estimate of drug-likeness (QED) is 0.868. The average molecular weight is 255 g/mol. The Labute approximate surface area is 115 Å². The zero-order chi connectivity index (χ0) is 13.7. The summed E-state index contributed by atoms with van der Waals surface area (Å²) in [7, 11) is 1.69. The molecule has 2 nitrogen and oxygen atoms in total. The maximum absolute atomic E-state index is 5.18. The molecule has 0 spiro atoms. The van der Waals surface area contributed by atoms with Gasteiger partial charge >= 0.3 is 0 Å². The number of methoxy groups -OCH3 is 1. The molecule has 0 radical (unpaired) electrons. The second kappa shape index (κ2) is 6.39. The van der Waals surface area contributed by atoms with Gasteiger partial charge in [0.15, 0.2) is 0 Å². The van der Waals surface area contributed by atoms with Crippen LogP contribution in [-0.2, 0) is 0 Å². The van der Waals surface area contributed by atoms with Gasteiger partial charge < -0.3 is 10.1 Å². The van der Waals surface area contributed by atoms with Gasteiger partial charge in [0.25, 0.3) is 0 Å². The van der Waals surface area contributed by atoms with E-state index in [1.807, 2.05) is 18.2 Å². The van der Waals surface area contributed by atoms with E-state index in [9.17, 15) is 0 Å². The molecule has 0 saturated heterocycles. The second-order valence-corrected chi connectivity index (χ2v) is 4.79. The molecule has 0 aliphatic rings. The number of rotatable bonds is 5. The Morgan fingerprint density at radius 1 is 0.789 bits per heavy atom. The van der Waals surface area contributed by atoms with Gasteiger partial charge in [-0.25, -0.2) is 0 Å². The Kier molecular flexibility index (Phi) is 4.58. The predicted molar refractivity (Wildman–Crippen MR) is 79.4 cm³/mol. The summed E-state index contributed by atoms with van der Waals surface area (Å²) in [6, 6.07) is 19.3. The van der Waals surface area contributed by atoms with Crippen LogP contribution in [0.5, 0.6) is 5.75 Å². The zero-order valence-electron chi connectivity index (χ0n) is 11.8. The van der Waals surface area contributed by atoms with Gasteiger partial charge in [0.1, 0.15) is 5.75 Å². The molecule has 0 aliphatic carbocycles. The summed E-state index contributed by atoms with van der Waals surface area (Å²) >= 11 is 0. The average Bonchev–Trinajstić information content (AvgIpc) is 2.48. The Morgan fingerprint density at radius 2 is 1.32 bits per heavy atom. The van der Waals surface area contributed by atoms with Crippen LogP contribution in [-0.4, -0.2) is 7.11 Å². The van der Waals surface area contributed by atoms with Gasteiger partial charge in [0.2, 0.25) is 0 Å². The topological polar surface area (TPSA) is 21.3 Å². The summed E-state index contributed by atoms with van der Waals surface area (Å²) in [6.45, 7) is 4.37. The molecule has 0 heterocycles. The maximum atomic E-state index is 5.18. The first kappa shape index (κ1) is 13.6. The Morgan fingerprint density at radius 3 is 1.84 bits per heavy atom. The van der Waals surface area contributed by atoms with Gasteiger partial charge in [0, 0.05) is 12.1 Å². The minimum absolute atomic E-state index is 0.307. The van der Waals surface area contributed by atoms with Crippen molar-refractivity contribution in [2.24, 2.45) is 0 Å². The summed E-state index contributed by atoms with van der Waals surface area (Å²) in [4.78, 5) is 0. The highest BCUT2D eigenvalue weighted by atomic mass is 16.5. The van der Waals surface area contributed by atoms with E-state index in [0.717, 1.165) is 5.75 Å². The van der Waals surface area contributed by atoms with Crippen molar-refractivity contribution in [2.45, 2.75) is 25.9 Å². The van der Waals surface area contributed by atoms with Gasteiger partial charge in [-0.1, -0.05) is 42.5 Å². The standard InChI is InChI=1S/C17H21NO/c1-13(15-7-5-4-6-8-15)18-14(2)16-9-11-17(19-3)12-10-16/h4-14,18H,1-3H3/t13?,14-/m1/s1. The highest BCUT2D eigenvalue weighted by molar-refractivity contribution is 5.29. The number of hydrogen-bond acceptors (Lipinski definition) is 2. The molecule has 19 heavy (non-hydrogen) atoms. The number of ether oxygens (including phenoxy) is 1. The molecule has 1 N–H and O–H groups in total. The summed E-state index contributed by atoms with van der Waals surface area (Å²) < 4.78 is 5.18. The van der Waals surface area contributed by atoms with Crippen molar-refractivity contribution < 1.29 is 4.74 Å². The first-order valence-corrected chi connectivity index (χ1v) is 6.65. The van der Waals surface area contributed by atoms with Crippen molar-refractivity contribution in [1.29, 1.82) is 0 Å². The third-order valence-corrected chi connectivity index (χ3v) is 3.42. The van der Waals surface area contributed by atoms with Crippen LogP contribution in [0.4, 0.5) is 0 Å². The lowest BCUT2D eigenvalue weighted by Crippen LogP contribution is -2.22. The highest BCUT2D eigenvalue weighted by Crippen LogP contribution is 2.21. The van der Waals surface area contributed by atoms with E-state index in [1.54, 1.807) is 7.11 Å². The first-order chi connectivity index (χ1) is 9.20. The lowest BCUT2D eigenvalue weighted by Gasteiger charge is -2.21. The van der Waals surface area contributed by atoms with Crippen LogP contribution >= 0.6 is 0 Å². The molecular weight excluding hydrogens is 234 g/mol. The molecule has 0 amide bonds. The fraction of sp³-hybridized carbons (Fsp3) is 0.294. The molecule has 0 aromatic heterocycles. The van der Waals surface area contributed by atoms with Gasteiger partial charge in [-0.3, -0.25) is 0 Å². The molecule has 2 heteroatoms. The van der Waals surface area contributed by atoms with Crippen LogP contribution in [0.3, 0.4) is 0 Å². The number of benzene rings is 2. The molecule has 1 unspecified atom stereocenters. The third-order valence-electron chi connectivity index (χ3n) is 3.42.